The average molecular weight is 442 g/mol. The normalized spacial score (nSPS) is 10.5. The third-order valence-electron chi connectivity index (χ3n) is 4.61. The van der Waals surface area contributed by atoms with Crippen molar-refractivity contribution in [2.45, 2.75) is 13.8 Å². The van der Waals surface area contributed by atoms with E-state index in [1.807, 2.05) is 13.8 Å². The van der Waals surface area contributed by atoms with Gasteiger partial charge in [0.15, 0.2) is 0 Å². The second-order valence-corrected chi connectivity index (χ2v) is 7.06. The van der Waals surface area contributed by atoms with Crippen LogP contribution in [0, 0.1) is 13.8 Å². The maximum Gasteiger partial charge on any atom is 0.337 e. The van der Waals surface area contributed by atoms with Gasteiger partial charge in [0.25, 0.3) is 5.91 Å². The molecule has 1 amide bonds. The summed E-state index contributed by atoms with van der Waals surface area (Å²) in [4.78, 5) is 36.5. The Labute approximate surface area is 183 Å². The highest BCUT2D eigenvalue weighted by Crippen LogP contribution is 2.23. The number of carbonyl (C=O) groups excluding carboxylic acids is 3. The lowest BCUT2D eigenvalue weighted by atomic mass is 10.1. The summed E-state index contributed by atoms with van der Waals surface area (Å²) in [5.74, 6) is -1.71. The summed E-state index contributed by atoms with van der Waals surface area (Å²) in [6.45, 7) is 3.68. The number of halogens is 1. The number of methoxy groups -OCH3 is 2. The van der Waals surface area contributed by atoms with Gasteiger partial charge < -0.3 is 14.8 Å². The van der Waals surface area contributed by atoms with E-state index in [0.29, 0.717) is 16.3 Å². The molecule has 0 atom stereocenters. The number of ether oxygens (including phenoxy) is 2. The second kappa shape index (κ2) is 9.01. The van der Waals surface area contributed by atoms with Crippen LogP contribution in [0.15, 0.2) is 42.5 Å². The molecule has 0 saturated carbocycles. The Balaban J connectivity index is 1.86. The Morgan fingerprint density at radius 2 is 1.45 bits per heavy atom. The molecule has 0 radical (unpaired) electrons. The first kappa shape index (κ1) is 22.0. The largest absolute Gasteiger partial charge is 0.465 e. The lowest BCUT2D eigenvalue weighted by Gasteiger charge is -2.10. The molecule has 0 unspecified atom stereocenters. The maximum absolute atomic E-state index is 12.7. The van der Waals surface area contributed by atoms with Crippen molar-refractivity contribution in [3.8, 4) is 5.69 Å². The van der Waals surface area contributed by atoms with Crippen molar-refractivity contribution in [3.63, 3.8) is 0 Å². The van der Waals surface area contributed by atoms with Gasteiger partial charge in [0, 0.05) is 11.3 Å². The third-order valence-corrected chi connectivity index (χ3v) is 5.16. The van der Waals surface area contributed by atoms with E-state index < -0.39 is 17.8 Å². The minimum absolute atomic E-state index is 0.109. The van der Waals surface area contributed by atoms with Crippen molar-refractivity contribution in [3.05, 3.63) is 75.6 Å². The van der Waals surface area contributed by atoms with Gasteiger partial charge in [0.05, 0.1) is 47.4 Å². The van der Waals surface area contributed by atoms with Crippen LogP contribution in [0.25, 0.3) is 5.69 Å². The Bertz CT molecular complexity index is 1130. The molecule has 0 aliphatic carbocycles. The fraction of sp³-hybridized carbons (Fsp3) is 0.182. The molecule has 0 aliphatic rings. The predicted molar refractivity (Wildman–Crippen MR) is 115 cm³/mol. The highest BCUT2D eigenvalue weighted by atomic mass is 35.5. The average Bonchev–Trinajstić information content (AvgIpc) is 3.04. The molecule has 0 fully saturated rings. The van der Waals surface area contributed by atoms with Crippen LogP contribution in [0.2, 0.25) is 5.02 Å². The number of benzene rings is 2. The Morgan fingerprint density at radius 1 is 0.903 bits per heavy atom. The summed E-state index contributed by atoms with van der Waals surface area (Å²) in [6.07, 6.45) is 0. The first-order valence-electron chi connectivity index (χ1n) is 9.20. The van der Waals surface area contributed by atoms with E-state index in [-0.39, 0.29) is 16.8 Å². The molecule has 0 saturated heterocycles. The van der Waals surface area contributed by atoms with Crippen molar-refractivity contribution in [2.75, 3.05) is 19.5 Å². The van der Waals surface area contributed by atoms with Crippen LogP contribution in [0.5, 0.6) is 0 Å². The molecule has 1 aromatic heterocycles. The van der Waals surface area contributed by atoms with Gasteiger partial charge in [0.1, 0.15) is 0 Å². The number of aromatic nitrogens is 2. The number of esters is 2. The van der Waals surface area contributed by atoms with Crippen molar-refractivity contribution >= 4 is 35.1 Å². The molecule has 0 spiro atoms. The fourth-order valence-electron chi connectivity index (χ4n) is 3.00. The minimum atomic E-state index is -0.644. The molecular weight excluding hydrogens is 422 g/mol. The highest BCUT2D eigenvalue weighted by molar-refractivity contribution is 6.31. The number of hydrogen-bond acceptors (Lipinski definition) is 6. The molecule has 3 aromatic rings. The number of aryl methyl sites for hydroxylation is 1. The predicted octanol–water partition coefficient (Wildman–Crippen LogP) is 3.97. The Hall–Kier alpha value is -3.65. The second-order valence-electron chi connectivity index (χ2n) is 6.68. The molecule has 31 heavy (non-hydrogen) atoms. The topological polar surface area (TPSA) is 99.5 Å². The van der Waals surface area contributed by atoms with E-state index in [4.69, 9.17) is 21.1 Å². The van der Waals surface area contributed by atoms with Gasteiger partial charge in [0.2, 0.25) is 0 Å². The van der Waals surface area contributed by atoms with E-state index >= 15 is 0 Å². The Kier molecular flexibility index (Phi) is 6.41. The molecule has 3 rings (SSSR count). The Morgan fingerprint density at radius 3 is 1.90 bits per heavy atom. The lowest BCUT2D eigenvalue weighted by Crippen LogP contribution is -2.14. The number of amides is 1. The summed E-state index contributed by atoms with van der Waals surface area (Å²) in [5.41, 5.74) is 3.11. The smallest absolute Gasteiger partial charge is 0.337 e. The molecule has 0 bridgehead atoms. The lowest BCUT2D eigenvalue weighted by molar-refractivity contribution is 0.0599. The van der Waals surface area contributed by atoms with Crippen LogP contribution in [0.3, 0.4) is 0 Å². The van der Waals surface area contributed by atoms with Crippen LogP contribution in [0.4, 0.5) is 5.69 Å². The summed E-state index contributed by atoms with van der Waals surface area (Å²) in [5, 5.41) is 7.66. The van der Waals surface area contributed by atoms with Crippen molar-refractivity contribution < 1.29 is 23.9 Å². The number of rotatable bonds is 5. The van der Waals surface area contributed by atoms with Gasteiger partial charge >= 0.3 is 11.9 Å². The standard InChI is InChI=1S/C22H20ClN3O5/c1-12-19(23)13(2)26(25-12)18-7-5-14(6-8-18)20(27)24-17-10-15(21(28)30-3)9-16(11-17)22(29)31-4/h5-11H,1-4H3,(H,24,27). The molecule has 8 nitrogen and oxygen atoms in total. The third kappa shape index (κ3) is 4.59. The monoisotopic (exact) mass is 441 g/mol. The van der Waals surface area contributed by atoms with Crippen molar-refractivity contribution in [1.29, 1.82) is 0 Å². The van der Waals surface area contributed by atoms with Crippen LogP contribution in [0.1, 0.15) is 42.5 Å². The van der Waals surface area contributed by atoms with E-state index in [9.17, 15) is 14.4 Å². The number of nitrogens with one attached hydrogen (secondary N) is 1. The summed E-state index contributed by atoms with van der Waals surface area (Å²) >= 11 is 6.20. The molecule has 1 heterocycles. The van der Waals surface area contributed by atoms with E-state index in [2.05, 4.69) is 10.4 Å². The fourth-order valence-corrected chi connectivity index (χ4v) is 3.12. The van der Waals surface area contributed by atoms with Gasteiger partial charge in [-0.05, 0) is 56.3 Å². The molecule has 9 heteroatoms. The van der Waals surface area contributed by atoms with Crippen LogP contribution < -0.4 is 5.32 Å². The molecule has 2 aromatic carbocycles. The zero-order valence-electron chi connectivity index (χ0n) is 17.4. The molecule has 1 N–H and O–H groups in total. The first-order valence-corrected chi connectivity index (χ1v) is 9.58. The number of hydrogen-bond donors (Lipinski definition) is 1. The van der Waals surface area contributed by atoms with Crippen LogP contribution in [-0.4, -0.2) is 41.8 Å². The SMILES string of the molecule is COC(=O)c1cc(NC(=O)c2ccc(-n3nc(C)c(Cl)c3C)cc2)cc(C(=O)OC)c1. The van der Waals surface area contributed by atoms with Gasteiger partial charge in [-0.1, -0.05) is 11.6 Å². The number of nitrogens with zero attached hydrogens (tertiary/aromatic N) is 2. The molecule has 160 valence electrons. The first-order chi connectivity index (χ1) is 14.7. The summed E-state index contributed by atoms with van der Waals surface area (Å²) in [6, 6.07) is 10.9. The summed E-state index contributed by atoms with van der Waals surface area (Å²) in [7, 11) is 2.45. The molecular formula is C22H20ClN3O5. The van der Waals surface area contributed by atoms with Crippen LogP contribution in [-0.2, 0) is 9.47 Å². The molecule has 0 aliphatic heterocycles. The maximum atomic E-state index is 12.7. The van der Waals surface area contributed by atoms with Gasteiger partial charge in [-0.15, -0.1) is 0 Å². The van der Waals surface area contributed by atoms with Gasteiger partial charge in [-0.25, -0.2) is 14.3 Å². The van der Waals surface area contributed by atoms with E-state index in [1.165, 1.54) is 32.4 Å². The minimum Gasteiger partial charge on any atom is -0.465 e. The zero-order valence-corrected chi connectivity index (χ0v) is 18.1. The number of anilines is 1. The summed E-state index contributed by atoms with van der Waals surface area (Å²) < 4.78 is 11.1. The van der Waals surface area contributed by atoms with E-state index in [1.54, 1.807) is 28.9 Å². The van der Waals surface area contributed by atoms with E-state index in [0.717, 1.165) is 11.4 Å². The van der Waals surface area contributed by atoms with Gasteiger partial charge in [-0.3, -0.25) is 4.79 Å². The van der Waals surface area contributed by atoms with Gasteiger partial charge in [-0.2, -0.15) is 5.10 Å². The van der Waals surface area contributed by atoms with Crippen molar-refractivity contribution in [1.82, 2.24) is 9.78 Å². The number of carbonyl (C=O) groups is 3. The van der Waals surface area contributed by atoms with Crippen LogP contribution >= 0.6 is 11.6 Å². The van der Waals surface area contributed by atoms with Crippen molar-refractivity contribution in [2.24, 2.45) is 0 Å². The quantitative estimate of drug-likeness (QED) is 0.601. The zero-order chi connectivity index (χ0) is 22.7. The highest BCUT2D eigenvalue weighted by Gasteiger charge is 2.16.